The molecule has 8 heteroatoms. The SMILES string of the molecule is CC1=C(NC2CCC(O)CC2)N(O)ON1c1ccc(F)c(Br)c1. The highest BCUT2D eigenvalue weighted by molar-refractivity contribution is 9.10. The zero-order valence-electron chi connectivity index (χ0n) is 12.7. The van der Waals surface area contributed by atoms with Gasteiger partial charge in [-0.25, -0.2) is 4.39 Å². The first-order valence-electron chi connectivity index (χ1n) is 7.53. The van der Waals surface area contributed by atoms with E-state index in [0.29, 0.717) is 26.9 Å². The summed E-state index contributed by atoms with van der Waals surface area (Å²) < 4.78 is 13.7. The molecule has 1 aromatic rings. The van der Waals surface area contributed by atoms with E-state index in [1.807, 2.05) is 0 Å². The summed E-state index contributed by atoms with van der Waals surface area (Å²) in [6.07, 6.45) is 2.90. The lowest BCUT2D eigenvalue weighted by molar-refractivity contribution is -0.307. The maximum absolute atomic E-state index is 13.4. The second-order valence-corrected chi connectivity index (χ2v) is 6.69. The van der Waals surface area contributed by atoms with Gasteiger partial charge >= 0.3 is 0 Å². The Kier molecular flexibility index (Phi) is 4.77. The number of hydrogen-bond donors (Lipinski definition) is 3. The number of benzene rings is 1. The molecule has 23 heavy (non-hydrogen) atoms. The summed E-state index contributed by atoms with van der Waals surface area (Å²) in [5.74, 6) is 0.0846. The van der Waals surface area contributed by atoms with Gasteiger partial charge in [0.05, 0.1) is 22.0 Å². The number of allylic oxidation sites excluding steroid dienone is 1. The van der Waals surface area contributed by atoms with Crippen LogP contribution in [0, 0.1) is 5.82 Å². The Hall–Kier alpha value is -1.35. The molecule has 3 N–H and O–H groups in total. The average Bonchev–Trinajstić information content (AvgIpc) is 2.80. The largest absolute Gasteiger partial charge is 0.393 e. The van der Waals surface area contributed by atoms with Gasteiger partial charge in [-0.1, -0.05) is 5.23 Å². The molecule has 0 unspecified atom stereocenters. The number of anilines is 1. The van der Waals surface area contributed by atoms with Crippen LogP contribution in [0.2, 0.25) is 0 Å². The second-order valence-electron chi connectivity index (χ2n) is 5.83. The fraction of sp³-hybridized carbons (Fsp3) is 0.467. The van der Waals surface area contributed by atoms with Crippen LogP contribution >= 0.6 is 15.9 Å². The smallest absolute Gasteiger partial charge is 0.182 e. The number of nitrogens with one attached hydrogen (secondary N) is 1. The van der Waals surface area contributed by atoms with Gasteiger partial charge in [0.2, 0.25) is 0 Å². The maximum atomic E-state index is 13.4. The number of hydrogen-bond acceptors (Lipinski definition) is 6. The first-order valence-corrected chi connectivity index (χ1v) is 8.32. The number of hydroxylamine groups is 3. The molecule has 6 nitrogen and oxygen atoms in total. The topological polar surface area (TPSA) is 68.2 Å². The van der Waals surface area contributed by atoms with Crippen molar-refractivity contribution in [3.63, 3.8) is 0 Å². The number of halogens is 2. The molecular weight excluding hydrogens is 369 g/mol. The van der Waals surface area contributed by atoms with E-state index in [9.17, 15) is 14.7 Å². The van der Waals surface area contributed by atoms with Crippen LogP contribution in [-0.4, -0.2) is 27.7 Å². The third-order valence-corrected chi connectivity index (χ3v) is 4.78. The third kappa shape index (κ3) is 3.45. The Morgan fingerprint density at radius 1 is 1.30 bits per heavy atom. The van der Waals surface area contributed by atoms with Crippen LogP contribution in [0.3, 0.4) is 0 Å². The Balaban J connectivity index is 1.76. The Morgan fingerprint density at radius 2 is 2.00 bits per heavy atom. The van der Waals surface area contributed by atoms with E-state index >= 15 is 0 Å². The van der Waals surface area contributed by atoms with E-state index in [4.69, 9.17) is 4.94 Å². The molecule has 1 saturated carbocycles. The number of rotatable bonds is 3. The molecule has 1 aromatic carbocycles. The predicted octanol–water partition coefficient (Wildman–Crippen LogP) is 3.03. The minimum Gasteiger partial charge on any atom is -0.393 e. The van der Waals surface area contributed by atoms with Crippen molar-refractivity contribution in [2.24, 2.45) is 0 Å². The van der Waals surface area contributed by atoms with Crippen molar-refractivity contribution in [1.29, 1.82) is 0 Å². The molecule has 0 bridgehead atoms. The van der Waals surface area contributed by atoms with Crippen molar-refractivity contribution in [2.45, 2.75) is 44.8 Å². The molecule has 0 radical (unpaired) electrons. The number of aliphatic hydroxyl groups excluding tert-OH is 1. The van der Waals surface area contributed by atoms with Crippen molar-refractivity contribution in [1.82, 2.24) is 10.5 Å². The molecule has 0 amide bonds. The molecular formula is C15H19BrFN3O3. The number of aliphatic hydroxyl groups is 1. The zero-order valence-corrected chi connectivity index (χ0v) is 14.3. The van der Waals surface area contributed by atoms with Gasteiger partial charge < -0.3 is 10.4 Å². The number of nitrogens with zero attached hydrogens (tertiary/aromatic N) is 2. The summed E-state index contributed by atoms with van der Waals surface area (Å²) in [5.41, 5.74) is 1.25. The van der Waals surface area contributed by atoms with Crippen LogP contribution in [0.4, 0.5) is 10.1 Å². The summed E-state index contributed by atoms with van der Waals surface area (Å²) in [5, 5.41) is 24.9. The lowest BCUT2D eigenvalue weighted by atomic mass is 9.93. The fourth-order valence-corrected chi connectivity index (χ4v) is 3.21. The van der Waals surface area contributed by atoms with Gasteiger partial charge in [-0.2, -0.15) is 5.06 Å². The first kappa shape index (κ1) is 16.5. The van der Waals surface area contributed by atoms with E-state index in [1.54, 1.807) is 19.1 Å². The van der Waals surface area contributed by atoms with Gasteiger partial charge in [-0.15, -0.1) is 4.94 Å². The normalized spacial score (nSPS) is 25.3. The lowest BCUT2D eigenvalue weighted by Crippen LogP contribution is -2.37. The molecule has 1 aliphatic carbocycles. The monoisotopic (exact) mass is 387 g/mol. The minimum atomic E-state index is -0.366. The van der Waals surface area contributed by atoms with Crippen molar-refractivity contribution in [3.05, 3.63) is 40.0 Å². The lowest BCUT2D eigenvalue weighted by Gasteiger charge is -2.27. The van der Waals surface area contributed by atoms with E-state index in [2.05, 4.69) is 21.2 Å². The van der Waals surface area contributed by atoms with Crippen LogP contribution in [0.25, 0.3) is 0 Å². The molecule has 3 rings (SSSR count). The van der Waals surface area contributed by atoms with Crippen molar-refractivity contribution < 1.29 is 19.6 Å². The summed E-state index contributed by atoms with van der Waals surface area (Å²) in [7, 11) is 0. The molecule has 1 aliphatic heterocycles. The standard InChI is InChI=1S/C15H19BrFN3O3/c1-9-15(18-10-2-5-12(21)6-3-10)20(22)23-19(9)11-4-7-14(17)13(16)8-11/h4,7-8,10,12,18,21-22H,2-3,5-6H2,1H3. The summed E-state index contributed by atoms with van der Waals surface area (Å²) >= 11 is 3.14. The van der Waals surface area contributed by atoms with Crippen molar-refractivity contribution >= 4 is 21.6 Å². The molecule has 0 atom stereocenters. The molecule has 2 aliphatic rings. The van der Waals surface area contributed by atoms with Gasteiger partial charge in [0, 0.05) is 6.04 Å². The zero-order chi connectivity index (χ0) is 16.6. The van der Waals surface area contributed by atoms with Gasteiger partial charge in [-0.05, 0) is 66.7 Å². The van der Waals surface area contributed by atoms with Crippen molar-refractivity contribution in [3.8, 4) is 0 Å². The average molecular weight is 388 g/mol. The Bertz CT molecular complexity index is 620. The second kappa shape index (κ2) is 6.64. The summed E-state index contributed by atoms with van der Waals surface area (Å²) in [4.78, 5) is 5.32. The minimum absolute atomic E-state index is 0.168. The Labute approximate surface area is 142 Å². The van der Waals surface area contributed by atoms with E-state index in [1.165, 1.54) is 11.1 Å². The van der Waals surface area contributed by atoms with Crippen LogP contribution in [-0.2, 0) is 4.94 Å². The molecule has 0 spiro atoms. The van der Waals surface area contributed by atoms with Crippen LogP contribution in [0.5, 0.6) is 0 Å². The summed E-state index contributed by atoms with van der Waals surface area (Å²) in [6, 6.07) is 4.64. The third-order valence-electron chi connectivity index (χ3n) is 4.17. The molecule has 1 fully saturated rings. The predicted molar refractivity (Wildman–Crippen MR) is 85.4 cm³/mol. The Morgan fingerprint density at radius 3 is 2.65 bits per heavy atom. The molecule has 1 heterocycles. The van der Waals surface area contributed by atoms with E-state index in [0.717, 1.165) is 25.7 Å². The van der Waals surface area contributed by atoms with E-state index < -0.39 is 0 Å². The van der Waals surface area contributed by atoms with Crippen LogP contribution in [0.1, 0.15) is 32.6 Å². The highest BCUT2D eigenvalue weighted by Crippen LogP contribution is 2.32. The fourth-order valence-electron chi connectivity index (χ4n) is 2.84. The molecule has 0 saturated heterocycles. The molecule has 126 valence electrons. The van der Waals surface area contributed by atoms with Gasteiger partial charge in [-0.3, -0.25) is 5.21 Å². The van der Waals surface area contributed by atoms with Crippen LogP contribution < -0.4 is 10.4 Å². The van der Waals surface area contributed by atoms with Gasteiger partial charge in [0.1, 0.15) is 5.82 Å². The van der Waals surface area contributed by atoms with Crippen LogP contribution in [0.15, 0.2) is 34.2 Å². The maximum Gasteiger partial charge on any atom is 0.182 e. The van der Waals surface area contributed by atoms with E-state index in [-0.39, 0.29) is 18.0 Å². The highest BCUT2D eigenvalue weighted by Gasteiger charge is 2.31. The summed E-state index contributed by atoms with van der Waals surface area (Å²) in [6.45, 7) is 1.80. The quantitative estimate of drug-likeness (QED) is 0.740. The van der Waals surface area contributed by atoms with Gasteiger partial charge in [0.25, 0.3) is 0 Å². The first-order chi connectivity index (χ1) is 11.0. The van der Waals surface area contributed by atoms with Gasteiger partial charge in [0.15, 0.2) is 5.82 Å². The molecule has 0 aromatic heterocycles. The van der Waals surface area contributed by atoms with Crippen molar-refractivity contribution in [2.75, 3.05) is 5.06 Å². The highest BCUT2D eigenvalue weighted by atomic mass is 79.9.